The molecule has 7 heteroatoms. The number of benzene rings is 1. The lowest BCUT2D eigenvalue weighted by Crippen LogP contribution is -2.33. The van der Waals surface area contributed by atoms with Gasteiger partial charge in [-0.15, -0.1) is 0 Å². The SMILES string of the molecule is COC(=O)CC(O)C[C@H](O)CCN1C(=O)c2ccccc2C1=O. The standard InChI is InChI=1S/C16H19NO6/c1-23-14(20)9-11(19)8-10(18)6-7-17-15(21)12-4-2-3-5-13(12)16(17)22/h2-5,10-11,18-19H,6-9H2,1H3/t10-,11?/m1/s1. The Morgan fingerprint density at radius 3 is 2.22 bits per heavy atom. The van der Waals surface area contributed by atoms with Gasteiger partial charge in [0.05, 0.1) is 36.9 Å². The Labute approximate surface area is 133 Å². The third-order valence-corrected chi connectivity index (χ3v) is 3.74. The largest absolute Gasteiger partial charge is 0.469 e. The fourth-order valence-corrected chi connectivity index (χ4v) is 2.51. The first-order chi connectivity index (χ1) is 10.9. The van der Waals surface area contributed by atoms with Crippen LogP contribution in [-0.2, 0) is 9.53 Å². The molecule has 1 aromatic carbocycles. The monoisotopic (exact) mass is 321 g/mol. The predicted octanol–water partition coefficient (Wildman–Crippen LogP) is 0.348. The molecule has 2 atom stereocenters. The van der Waals surface area contributed by atoms with E-state index in [1.54, 1.807) is 24.3 Å². The molecule has 0 bridgehead atoms. The van der Waals surface area contributed by atoms with E-state index in [9.17, 15) is 24.6 Å². The van der Waals surface area contributed by atoms with Crippen LogP contribution in [0.3, 0.4) is 0 Å². The smallest absolute Gasteiger partial charge is 0.308 e. The quantitative estimate of drug-likeness (QED) is 0.555. The normalized spacial score (nSPS) is 16.2. The summed E-state index contributed by atoms with van der Waals surface area (Å²) in [5.41, 5.74) is 0.718. The van der Waals surface area contributed by atoms with E-state index in [4.69, 9.17) is 0 Å². The topological polar surface area (TPSA) is 104 Å². The van der Waals surface area contributed by atoms with Gasteiger partial charge in [0.25, 0.3) is 11.8 Å². The number of methoxy groups -OCH3 is 1. The number of hydrogen-bond acceptors (Lipinski definition) is 6. The lowest BCUT2D eigenvalue weighted by atomic mass is 10.1. The van der Waals surface area contributed by atoms with E-state index in [1.807, 2.05) is 0 Å². The molecule has 1 heterocycles. The second-order valence-electron chi connectivity index (χ2n) is 5.42. The summed E-state index contributed by atoms with van der Waals surface area (Å²) >= 11 is 0. The second kappa shape index (κ2) is 7.34. The molecule has 1 aliphatic heterocycles. The second-order valence-corrected chi connectivity index (χ2v) is 5.42. The molecule has 7 nitrogen and oxygen atoms in total. The van der Waals surface area contributed by atoms with Crippen LogP contribution in [0.25, 0.3) is 0 Å². The summed E-state index contributed by atoms with van der Waals surface area (Å²) in [7, 11) is 1.22. The Balaban J connectivity index is 1.86. The van der Waals surface area contributed by atoms with Crippen molar-refractivity contribution in [1.29, 1.82) is 0 Å². The minimum atomic E-state index is -1.03. The average Bonchev–Trinajstić information content (AvgIpc) is 2.77. The van der Waals surface area contributed by atoms with Gasteiger partial charge in [0.15, 0.2) is 0 Å². The third-order valence-electron chi connectivity index (χ3n) is 3.74. The Bertz CT molecular complexity index is 579. The zero-order valence-corrected chi connectivity index (χ0v) is 12.8. The fraction of sp³-hybridized carbons (Fsp3) is 0.438. The molecule has 23 heavy (non-hydrogen) atoms. The lowest BCUT2D eigenvalue weighted by Gasteiger charge is -2.18. The molecule has 2 rings (SSSR count). The summed E-state index contributed by atoms with van der Waals surface area (Å²) in [6.07, 6.45) is -2.07. The van der Waals surface area contributed by atoms with Crippen LogP contribution in [-0.4, -0.2) is 58.8 Å². The van der Waals surface area contributed by atoms with E-state index in [0.717, 1.165) is 4.90 Å². The first kappa shape index (κ1) is 17.1. The molecule has 0 saturated heterocycles. The number of aliphatic hydroxyl groups is 2. The Morgan fingerprint density at radius 2 is 1.70 bits per heavy atom. The van der Waals surface area contributed by atoms with Crippen molar-refractivity contribution in [3.05, 3.63) is 35.4 Å². The van der Waals surface area contributed by atoms with Gasteiger partial charge in [-0.2, -0.15) is 0 Å². The zero-order valence-electron chi connectivity index (χ0n) is 12.8. The number of carbonyl (C=O) groups excluding carboxylic acids is 3. The van der Waals surface area contributed by atoms with Gasteiger partial charge in [-0.1, -0.05) is 12.1 Å². The van der Waals surface area contributed by atoms with E-state index in [0.29, 0.717) is 11.1 Å². The lowest BCUT2D eigenvalue weighted by molar-refractivity contribution is -0.143. The summed E-state index contributed by atoms with van der Waals surface area (Å²) in [6.45, 7) is 0.0540. The Hall–Kier alpha value is -2.25. The predicted molar refractivity (Wildman–Crippen MR) is 79.7 cm³/mol. The van der Waals surface area contributed by atoms with E-state index in [2.05, 4.69) is 4.74 Å². The number of hydrogen-bond donors (Lipinski definition) is 2. The maximum Gasteiger partial charge on any atom is 0.308 e. The van der Waals surface area contributed by atoms with Crippen LogP contribution >= 0.6 is 0 Å². The van der Waals surface area contributed by atoms with E-state index in [1.165, 1.54) is 7.11 Å². The van der Waals surface area contributed by atoms with Gasteiger partial charge < -0.3 is 14.9 Å². The summed E-state index contributed by atoms with van der Waals surface area (Å²) in [4.78, 5) is 36.4. The molecule has 2 N–H and O–H groups in total. The molecular weight excluding hydrogens is 302 g/mol. The molecule has 1 unspecified atom stereocenters. The molecule has 1 aromatic rings. The van der Waals surface area contributed by atoms with Gasteiger partial charge in [-0.05, 0) is 25.0 Å². The van der Waals surface area contributed by atoms with Gasteiger partial charge in [-0.25, -0.2) is 0 Å². The van der Waals surface area contributed by atoms with Crippen molar-refractivity contribution in [2.75, 3.05) is 13.7 Å². The van der Waals surface area contributed by atoms with Gasteiger partial charge in [-0.3, -0.25) is 19.3 Å². The van der Waals surface area contributed by atoms with Gasteiger partial charge in [0.1, 0.15) is 0 Å². The number of amides is 2. The van der Waals surface area contributed by atoms with Gasteiger partial charge >= 0.3 is 5.97 Å². The first-order valence-electron chi connectivity index (χ1n) is 7.32. The Morgan fingerprint density at radius 1 is 1.13 bits per heavy atom. The molecule has 0 aromatic heterocycles. The number of ether oxygens (including phenoxy) is 1. The van der Waals surface area contributed by atoms with Crippen LogP contribution in [0.4, 0.5) is 0 Å². The van der Waals surface area contributed by atoms with Crippen molar-refractivity contribution in [2.24, 2.45) is 0 Å². The van der Waals surface area contributed by atoms with Crippen molar-refractivity contribution in [1.82, 2.24) is 4.90 Å². The van der Waals surface area contributed by atoms with Crippen LogP contribution < -0.4 is 0 Å². The summed E-state index contributed by atoms with van der Waals surface area (Å²) in [5, 5.41) is 19.5. The minimum Gasteiger partial charge on any atom is -0.469 e. The van der Waals surface area contributed by atoms with Crippen LogP contribution in [0.5, 0.6) is 0 Å². The first-order valence-corrected chi connectivity index (χ1v) is 7.32. The highest BCUT2D eigenvalue weighted by Gasteiger charge is 2.35. The van der Waals surface area contributed by atoms with Crippen molar-refractivity contribution in [3.63, 3.8) is 0 Å². The molecule has 124 valence electrons. The van der Waals surface area contributed by atoms with E-state index in [-0.39, 0.29) is 37.6 Å². The maximum atomic E-state index is 12.1. The van der Waals surface area contributed by atoms with E-state index >= 15 is 0 Å². The van der Waals surface area contributed by atoms with Crippen molar-refractivity contribution >= 4 is 17.8 Å². The summed E-state index contributed by atoms with van der Waals surface area (Å²) in [5.74, 6) is -1.33. The highest BCUT2D eigenvalue weighted by molar-refractivity contribution is 6.21. The Kier molecular flexibility index (Phi) is 5.46. The van der Waals surface area contributed by atoms with Crippen molar-refractivity contribution in [2.45, 2.75) is 31.5 Å². The number of rotatable bonds is 7. The zero-order chi connectivity index (χ0) is 17.0. The number of carbonyl (C=O) groups is 3. The highest BCUT2D eigenvalue weighted by Crippen LogP contribution is 2.23. The van der Waals surface area contributed by atoms with E-state index < -0.39 is 18.2 Å². The van der Waals surface area contributed by atoms with Crippen LogP contribution in [0, 0.1) is 0 Å². The number of imide groups is 1. The van der Waals surface area contributed by atoms with Gasteiger partial charge in [0, 0.05) is 6.54 Å². The molecule has 0 radical (unpaired) electrons. The molecular formula is C16H19NO6. The number of nitrogens with zero attached hydrogens (tertiary/aromatic N) is 1. The highest BCUT2D eigenvalue weighted by atomic mass is 16.5. The van der Waals surface area contributed by atoms with Crippen molar-refractivity contribution < 1.29 is 29.3 Å². The molecule has 0 fully saturated rings. The van der Waals surface area contributed by atoms with Crippen LogP contribution in [0.15, 0.2) is 24.3 Å². The number of fused-ring (bicyclic) bond motifs is 1. The van der Waals surface area contributed by atoms with Crippen LogP contribution in [0.2, 0.25) is 0 Å². The average molecular weight is 321 g/mol. The van der Waals surface area contributed by atoms with Crippen molar-refractivity contribution in [3.8, 4) is 0 Å². The molecule has 0 saturated carbocycles. The molecule has 0 aliphatic carbocycles. The summed E-state index contributed by atoms with van der Waals surface area (Å²) < 4.78 is 4.43. The molecule has 0 spiro atoms. The maximum absolute atomic E-state index is 12.1. The van der Waals surface area contributed by atoms with Crippen LogP contribution in [0.1, 0.15) is 40.0 Å². The minimum absolute atomic E-state index is 0.0295. The fourth-order valence-electron chi connectivity index (χ4n) is 2.51. The summed E-state index contributed by atoms with van der Waals surface area (Å²) in [6, 6.07) is 6.55. The molecule has 1 aliphatic rings. The van der Waals surface area contributed by atoms with Gasteiger partial charge in [0.2, 0.25) is 0 Å². The molecule has 2 amide bonds. The number of esters is 1. The third kappa shape index (κ3) is 3.94. The number of aliphatic hydroxyl groups excluding tert-OH is 2.